The predicted molar refractivity (Wildman–Crippen MR) is 86.3 cm³/mol. The largest absolute Gasteiger partial charge is 0.465 e. The van der Waals surface area contributed by atoms with Gasteiger partial charge in [-0.15, -0.1) is 0 Å². The molecule has 0 aliphatic heterocycles. The van der Waals surface area contributed by atoms with E-state index in [2.05, 4.69) is 20.8 Å². The minimum Gasteiger partial charge on any atom is -0.465 e. The zero-order chi connectivity index (χ0) is 16.5. The quantitative estimate of drug-likeness (QED) is 0.633. The number of ether oxygens (including phenoxy) is 2. The Hall–Kier alpha value is -1.06. The van der Waals surface area contributed by atoms with Gasteiger partial charge in [-0.05, 0) is 44.4 Å². The molecule has 1 aliphatic carbocycles. The van der Waals surface area contributed by atoms with Gasteiger partial charge < -0.3 is 9.47 Å². The van der Waals surface area contributed by atoms with E-state index < -0.39 is 0 Å². The van der Waals surface area contributed by atoms with Gasteiger partial charge in [0.1, 0.15) is 6.10 Å². The van der Waals surface area contributed by atoms with Crippen LogP contribution in [-0.2, 0) is 19.1 Å². The smallest absolute Gasteiger partial charge is 0.309 e. The number of hydrogen-bond acceptors (Lipinski definition) is 4. The molecule has 0 radical (unpaired) electrons. The first-order valence-corrected chi connectivity index (χ1v) is 8.86. The molecule has 0 aromatic carbocycles. The fourth-order valence-electron chi connectivity index (χ4n) is 2.94. The third-order valence-electron chi connectivity index (χ3n) is 4.43. The van der Waals surface area contributed by atoms with E-state index >= 15 is 0 Å². The maximum absolute atomic E-state index is 12.3. The molecule has 0 N–H and O–H groups in total. The number of carbonyl (C=O) groups excluding carboxylic acids is 2. The summed E-state index contributed by atoms with van der Waals surface area (Å²) in [6, 6.07) is 0. The van der Waals surface area contributed by atoms with Crippen molar-refractivity contribution in [1.82, 2.24) is 0 Å². The van der Waals surface area contributed by atoms with Gasteiger partial charge in [0, 0.05) is 0 Å². The topological polar surface area (TPSA) is 52.6 Å². The maximum Gasteiger partial charge on any atom is 0.309 e. The van der Waals surface area contributed by atoms with Gasteiger partial charge in [-0.1, -0.05) is 34.1 Å². The molecule has 128 valence electrons. The maximum atomic E-state index is 12.3. The van der Waals surface area contributed by atoms with Gasteiger partial charge in [0.15, 0.2) is 0 Å². The molecule has 0 spiro atoms. The lowest BCUT2D eigenvalue weighted by Gasteiger charge is -2.28. The van der Waals surface area contributed by atoms with E-state index in [0.29, 0.717) is 12.5 Å². The van der Waals surface area contributed by atoms with Gasteiger partial charge in [0.05, 0.1) is 18.4 Å². The lowest BCUT2D eigenvalue weighted by Crippen LogP contribution is -2.32. The number of hydrogen-bond donors (Lipinski definition) is 0. The summed E-state index contributed by atoms with van der Waals surface area (Å²) in [5.74, 6) is 0.0944. The zero-order valence-electron chi connectivity index (χ0n) is 14.6. The normalized spacial score (nSPS) is 23.1. The molecular weight excluding hydrogens is 280 g/mol. The van der Waals surface area contributed by atoms with Crippen LogP contribution in [0.5, 0.6) is 0 Å². The minimum absolute atomic E-state index is 0.0183. The van der Waals surface area contributed by atoms with Crippen molar-refractivity contribution in [3.63, 3.8) is 0 Å². The Morgan fingerprint density at radius 2 is 1.50 bits per heavy atom. The summed E-state index contributed by atoms with van der Waals surface area (Å²) >= 11 is 0. The highest BCUT2D eigenvalue weighted by atomic mass is 16.5. The predicted octanol–water partition coefficient (Wildman–Crippen LogP) is 4.11. The second-order valence-corrected chi connectivity index (χ2v) is 6.72. The second kappa shape index (κ2) is 9.86. The van der Waals surface area contributed by atoms with E-state index in [1.807, 2.05) is 6.92 Å². The molecule has 0 aromatic rings. The Kier molecular flexibility index (Phi) is 8.51. The summed E-state index contributed by atoms with van der Waals surface area (Å²) in [7, 11) is 0. The average Bonchev–Trinajstić information content (AvgIpc) is 2.52. The third kappa shape index (κ3) is 5.98. The molecule has 1 rings (SSSR count). The van der Waals surface area contributed by atoms with Gasteiger partial charge in [-0.3, -0.25) is 9.59 Å². The summed E-state index contributed by atoms with van der Waals surface area (Å²) in [6.07, 6.45) is 5.76. The van der Waals surface area contributed by atoms with Crippen molar-refractivity contribution in [2.24, 2.45) is 17.8 Å². The molecule has 1 aliphatic rings. The average molecular weight is 312 g/mol. The Morgan fingerprint density at radius 3 is 1.95 bits per heavy atom. The van der Waals surface area contributed by atoms with Crippen molar-refractivity contribution in [3.05, 3.63) is 0 Å². The van der Waals surface area contributed by atoms with E-state index in [1.54, 1.807) is 0 Å². The van der Waals surface area contributed by atoms with Gasteiger partial charge in [0.2, 0.25) is 0 Å². The van der Waals surface area contributed by atoms with Crippen LogP contribution >= 0.6 is 0 Å². The fraction of sp³-hybridized carbons (Fsp3) is 0.889. The Balaban J connectivity index is 2.40. The molecule has 0 heterocycles. The third-order valence-corrected chi connectivity index (χ3v) is 4.43. The first-order chi connectivity index (χ1) is 10.5. The molecule has 1 atom stereocenters. The molecule has 1 unspecified atom stereocenters. The van der Waals surface area contributed by atoms with Crippen LogP contribution in [0.25, 0.3) is 0 Å². The lowest BCUT2D eigenvalue weighted by atomic mass is 9.82. The van der Waals surface area contributed by atoms with Gasteiger partial charge >= 0.3 is 11.9 Å². The van der Waals surface area contributed by atoms with E-state index in [4.69, 9.17) is 9.47 Å². The van der Waals surface area contributed by atoms with Crippen molar-refractivity contribution in [2.75, 3.05) is 6.61 Å². The van der Waals surface area contributed by atoms with E-state index in [-0.39, 0.29) is 29.9 Å². The SMILES string of the molecule is CCCOC(=O)C1CCC(C(=O)OC(CCC)C(C)C)CC1. The summed E-state index contributed by atoms with van der Waals surface area (Å²) in [4.78, 5) is 24.1. The summed E-state index contributed by atoms with van der Waals surface area (Å²) in [5, 5.41) is 0. The van der Waals surface area contributed by atoms with Crippen molar-refractivity contribution in [3.8, 4) is 0 Å². The Labute approximate surface area is 134 Å². The van der Waals surface area contributed by atoms with Crippen LogP contribution in [0.2, 0.25) is 0 Å². The fourth-order valence-corrected chi connectivity index (χ4v) is 2.94. The number of rotatable bonds is 8. The zero-order valence-corrected chi connectivity index (χ0v) is 14.6. The number of carbonyl (C=O) groups is 2. The highest BCUT2D eigenvalue weighted by Crippen LogP contribution is 2.31. The second-order valence-electron chi connectivity index (χ2n) is 6.72. The molecule has 22 heavy (non-hydrogen) atoms. The van der Waals surface area contributed by atoms with Crippen molar-refractivity contribution >= 4 is 11.9 Å². The summed E-state index contributed by atoms with van der Waals surface area (Å²) in [5.41, 5.74) is 0. The van der Waals surface area contributed by atoms with Gasteiger partial charge in [-0.2, -0.15) is 0 Å². The van der Waals surface area contributed by atoms with Gasteiger partial charge in [-0.25, -0.2) is 0 Å². The van der Waals surface area contributed by atoms with E-state index in [9.17, 15) is 9.59 Å². The minimum atomic E-state index is -0.0975. The van der Waals surface area contributed by atoms with Gasteiger partial charge in [0.25, 0.3) is 0 Å². The van der Waals surface area contributed by atoms with Crippen LogP contribution in [0, 0.1) is 17.8 Å². The van der Waals surface area contributed by atoms with Crippen LogP contribution in [0.1, 0.15) is 72.6 Å². The van der Waals surface area contributed by atoms with Crippen LogP contribution in [0.15, 0.2) is 0 Å². The summed E-state index contributed by atoms with van der Waals surface area (Å²) in [6.45, 7) is 8.77. The monoisotopic (exact) mass is 312 g/mol. The standard InChI is InChI=1S/C18H32O4/c1-5-7-16(13(3)4)22-18(20)15-10-8-14(9-11-15)17(19)21-12-6-2/h13-16H,5-12H2,1-4H3. The van der Waals surface area contributed by atoms with E-state index in [0.717, 1.165) is 44.9 Å². The molecular formula is C18H32O4. The Bertz CT molecular complexity index is 343. The van der Waals surface area contributed by atoms with Crippen LogP contribution in [0.4, 0.5) is 0 Å². The highest BCUT2D eigenvalue weighted by molar-refractivity contribution is 5.75. The molecule has 0 bridgehead atoms. The van der Waals surface area contributed by atoms with Crippen LogP contribution < -0.4 is 0 Å². The van der Waals surface area contributed by atoms with Crippen LogP contribution in [-0.4, -0.2) is 24.6 Å². The molecule has 1 saturated carbocycles. The van der Waals surface area contributed by atoms with E-state index in [1.165, 1.54) is 0 Å². The van der Waals surface area contributed by atoms with Crippen molar-refractivity contribution in [1.29, 1.82) is 0 Å². The van der Waals surface area contributed by atoms with Crippen LogP contribution in [0.3, 0.4) is 0 Å². The number of esters is 2. The summed E-state index contributed by atoms with van der Waals surface area (Å²) < 4.78 is 10.9. The first kappa shape index (κ1) is 19.0. The van der Waals surface area contributed by atoms with Crippen molar-refractivity contribution < 1.29 is 19.1 Å². The Morgan fingerprint density at radius 1 is 0.955 bits per heavy atom. The van der Waals surface area contributed by atoms with Crippen molar-refractivity contribution in [2.45, 2.75) is 78.7 Å². The highest BCUT2D eigenvalue weighted by Gasteiger charge is 2.32. The molecule has 0 aromatic heterocycles. The lowest BCUT2D eigenvalue weighted by molar-refractivity contribution is -0.160. The molecule has 4 heteroatoms. The molecule has 1 fully saturated rings. The molecule has 4 nitrogen and oxygen atoms in total. The first-order valence-electron chi connectivity index (χ1n) is 8.86. The molecule has 0 amide bonds. The molecule has 0 saturated heterocycles.